The molecule has 0 unspecified atom stereocenters. The van der Waals surface area contributed by atoms with Crippen LogP contribution in [-0.2, 0) is 11.8 Å². The second kappa shape index (κ2) is 23.9. The van der Waals surface area contributed by atoms with E-state index in [1.54, 1.807) is 0 Å². The predicted octanol–water partition coefficient (Wildman–Crippen LogP) is 15.4. The van der Waals surface area contributed by atoms with Gasteiger partial charge in [-0.05, 0) is 92.9 Å². The zero-order valence-electron chi connectivity index (χ0n) is 35.4. The molecule has 2 aromatic rings. The molecule has 0 spiro atoms. The molecule has 0 amide bonds. The molecule has 2 fully saturated rings. The molecule has 2 aliphatic rings. The summed E-state index contributed by atoms with van der Waals surface area (Å²) >= 11 is 0. The molecule has 0 saturated heterocycles. The summed E-state index contributed by atoms with van der Waals surface area (Å²) in [5.41, 5.74) is 8.80. The molecule has 3 nitrogen and oxygen atoms in total. The van der Waals surface area contributed by atoms with Crippen molar-refractivity contribution >= 4 is 17.6 Å². The number of anilines is 1. The van der Waals surface area contributed by atoms with E-state index in [2.05, 4.69) is 130 Å². The molecule has 4 rings (SSSR count). The molecule has 50 heavy (non-hydrogen) atoms. The van der Waals surface area contributed by atoms with Crippen LogP contribution in [0.1, 0.15) is 190 Å². The Labute approximate surface area is 312 Å². The highest BCUT2D eigenvalue weighted by atomic mass is 14.9. The first-order valence-electron chi connectivity index (χ1n) is 20.9. The van der Waals surface area contributed by atoms with Crippen molar-refractivity contribution in [2.24, 2.45) is 22.2 Å². The van der Waals surface area contributed by atoms with Crippen LogP contribution in [0, 0.1) is 24.2 Å². The number of nitrogens with one attached hydrogen (secondary N) is 1. The number of allylic oxidation sites excluding steroid dienone is 1. The average Bonchev–Trinajstić information content (AvgIpc) is 3.06. The van der Waals surface area contributed by atoms with Crippen molar-refractivity contribution in [2.75, 3.05) is 5.32 Å². The number of benzene rings is 1. The molecular weight excluding hydrogens is 607 g/mol. The molecule has 2 saturated carbocycles. The van der Waals surface area contributed by atoms with Gasteiger partial charge in [0, 0.05) is 34.6 Å². The number of hydrogen-bond donors (Lipinski definition) is 1. The third kappa shape index (κ3) is 14.7. The number of pyridine rings is 1. The number of nitrogens with zero attached hydrogens (tertiary/aromatic N) is 2. The van der Waals surface area contributed by atoms with Gasteiger partial charge in [-0.1, -0.05) is 152 Å². The van der Waals surface area contributed by atoms with Crippen molar-refractivity contribution < 1.29 is 0 Å². The van der Waals surface area contributed by atoms with E-state index in [1.807, 2.05) is 13.1 Å². The summed E-state index contributed by atoms with van der Waals surface area (Å²) in [4.78, 5) is 9.77. The van der Waals surface area contributed by atoms with Crippen LogP contribution in [0.4, 0.5) is 11.4 Å². The average molecular weight is 688 g/mol. The van der Waals surface area contributed by atoms with Gasteiger partial charge in [-0.2, -0.15) is 0 Å². The molecule has 2 aliphatic carbocycles. The van der Waals surface area contributed by atoms with Gasteiger partial charge in [0.15, 0.2) is 0 Å². The van der Waals surface area contributed by atoms with Gasteiger partial charge >= 0.3 is 0 Å². The third-order valence-electron chi connectivity index (χ3n) is 10.7. The molecule has 0 aliphatic heterocycles. The Bertz CT molecular complexity index is 1240. The smallest absolute Gasteiger partial charge is 0.0727 e. The highest BCUT2D eigenvalue weighted by Gasteiger charge is 2.32. The monoisotopic (exact) mass is 688 g/mol. The molecular formula is C47H81N3. The fourth-order valence-corrected chi connectivity index (χ4v) is 7.11. The SMILES string of the molecule is C=CC(CCC)(CCC)c1ccc(-c2cc(N=CC)c(C)c(CCC)n2)cc1NC1CC(C)C1.CC1CCC1.CCC.CCCC(C)(C)CC. The topological polar surface area (TPSA) is 37.3 Å². The summed E-state index contributed by atoms with van der Waals surface area (Å²) in [6.45, 7) is 33.3. The Morgan fingerprint density at radius 2 is 1.46 bits per heavy atom. The summed E-state index contributed by atoms with van der Waals surface area (Å²) < 4.78 is 0. The van der Waals surface area contributed by atoms with Crippen molar-refractivity contribution in [1.82, 2.24) is 4.98 Å². The normalized spacial score (nSPS) is 17.2. The van der Waals surface area contributed by atoms with E-state index >= 15 is 0 Å². The van der Waals surface area contributed by atoms with Crippen molar-refractivity contribution in [2.45, 2.75) is 198 Å². The summed E-state index contributed by atoms with van der Waals surface area (Å²) in [5.74, 6) is 1.87. The van der Waals surface area contributed by atoms with Crippen LogP contribution in [-0.4, -0.2) is 17.2 Å². The van der Waals surface area contributed by atoms with Gasteiger partial charge in [0.2, 0.25) is 0 Å². The Kier molecular flexibility index (Phi) is 21.8. The maximum absolute atomic E-state index is 5.10. The van der Waals surface area contributed by atoms with Gasteiger partial charge in [0.05, 0.1) is 11.4 Å². The molecule has 0 radical (unpaired) electrons. The highest BCUT2D eigenvalue weighted by molar-refractivity contribution is 5.73. The zero-order valence-corrected chi connectivity index (χ0v) is 35.4. The second-order valence-corrected chi connectivity index (χ2v) is 16.3. The minimum atomic E-state index is 0.00542. The van der Waals surface area contributed by atoms with Crippen LogP contribution < -0.4 is 5.32 Å². The van der Waals surface area contributed by atoms with Crippen LogP contribution in [0.3, 0.4) is 0 Å². The van der Waals surface area contributed by atoms with E-state index in [-0.39, 0.29) is 5.41 Å². The maximum atomic E-state index is 5.10. The van der Waals surface area contributed by atoms with Crippen molar-refractivity contribution in [3.63, 3.8) is 0 Å². The standard InChI is InChI=1S/C31H45N3.C8H18.C5H10.C3H8/c1-8-13-27-23(7)28(32-12-5)21-29(34-27)24-14-15-26(31(11-4,16-9-2)17-10-3)30(20-24)33-25-18-22(6)19-25;1-5-7-8(3,4)6-2;1-5-3-2-4-5;1-3-2/h11-12,14-15,20-22,25,33H,4,8-10,13,16-19H2,1-3,5-7H3;5-7H2,1-4H3;5H,2-4H2,1H3;3H2,1-2H3. The highest BCUT2D eigenvalue weighted by Crippen LogP contribution is 2.43. The summed E-state index contributed by atoms with van der Waals surface area (Å²) in [5, 5.41) is 3.93. The van der Waals surface area contributed by atoms with E-state index in [0.29, 0.717) is 11.5 Å². The first-order valence-corrected chi connectivity index (χ1v) is 20.9. The predicted molar refractivity (Wildman–Crippen MR) is 228 cm³/mol. The van der Waals surface area contributed by atoms with Gasteiger partial charge in [-0.15, -0.1) is 6.58 Å². The minimum absolute atomic E-state index is 0.00542. The van der Waals surface area contributed by atoms with E-state index in [1.165, 1.54) is 74.6 Å². The van der Waals surface area contributed by atoms with Crippen LogP contribution in [0.15, 0.2) is 41.9 Å². The van der Waals surface area contributed by atoms with Crippen LogP contribution in [0.2, 0.25) is 0 Å². The number of hydrogen-bond acceptors (Lipinski definition) is 3. The molecule has 0 atom stereocenters. The van der Waals surface area contributed by atoms with Crippen molar-refractivity contribution in [3.8, 4) is 11.3 Å². The molecule has 1 aromatic heterocycles. The zero-order chi connectivity index (χ0) is 37.7. The lowest BCUT2D eigenvalue weighted by Crippen LogP contribution is -2.35. The lowest BCUT2D eigenvalue weighted by molar-refractivity contribution is 0.308. The van der Waals surface area contributed by atoms with E-state index in [0.717, 1.165) is 73.0 Å². The van der Waals surface area contributed by atoms with Crippen molar-refractivity contribution in [3.05, 3.63) is 53.7 Å². The molecule has 1 aromatic carbocycles. The molecule has 1 heterocycles. The molecule has 0 bridgehead atoms. The van der Waals surface area contributed by atoms with E-state index in [9.17, 15) is 0 Å². The molecule has 3 heteroatoms. The number of aliphatic imine (C=N–C) groups is 1. The van der Waals surface area contributed by atoms with E-state index in [4.69, 9.17) is 4.98 Å². The fourth-order valence-electron chi connectivity index (χ4n) is 7.11. The number of rotatable bonds is 15. The largest absolute Gasteiger partial charge is 0.382 e. The summed E-state index contributed by atoms with van der Waals surface area (Å²) in [6, 6.07) is 9.65. The summed E-state index contributed by atoms with van der Waals surface area (Å²) in [6.07, 6.45) is 22.9. The van der Waals surface area contributed by atoms with Crippen LogP contribution in [0.5, 0.6) is 0 Å². The van der Waals surface area contributed by atoms with Crippen LogP contribution >= 0.6 is 0 Å². The van der Waals surface area contributed by atoms with Gasteiger partial charge in [-0.25, -0.2) is 0 Å². The lowest BCUT2D eigenvalue weighted by Gasteiger charge is -2.38. The fraction of sp³-hybridized carbons (Fsp3) is 0.702. The first-order chi connectivity index (χ1) is 23.8. The van der Waals surface area contributed by atoms with Gasteiger partial charge in [0.25, 0.3) is 0 Å². The quantitative estimate of drug-likeness (QED) is 0.149. The van der Waals surface area contributed by atoms with Gasteiger partial charge in [0.1, 0.15) is 0 Å². The maximum Gasteiger partial charge on any atom is 0.0727 e. The van der Waals surface area contributed by atoms with Gasteiger partial charge < -0.3 is 5.32 Å². The number of aryl methyl sites for hydroxylation is 1. The molecule has 284 valence electrons. The molecule has 1 N–H and O–H groups in total. The van der Waals surface area contributed by atoms with E-state index < -0.39 is 0 Å². The lowest BCUT2D eigenvalue weighted by atomic mass is 9.72. The van der Waals surface area contributed by atoms with Gasteiger partial charge in [-0.3, -0.25) is 9.98 Å². The minimum Gasteiger partial charge on any atom is -0.382 e. The third-order valence-corrected chi connectivity index (χ3v) is 10.7. The van der Waals surface area contributed by atoms with Crippen molar-refractivity contribution in [1.29, 1.82) is 0 Å². The Morgan fingerprint density at radius 3 is 1.86 bits per heavy atom. The second-order valence-electron chi connectivity index (χ2n) is 16.3. The first kappa shape index (κ1) is 45.6. The summed E-state index contributed by atoms with van der Waals surface area (Å²) in [7, 11) is 0. The Hall–Kier alpha value is -2.42. The number of aromatic nitrogens is 1. The van der Waals surface area contributed by atoms with Crippen LogP contribution in [0.25, 0.3) is 11.3 Å². The Morgan fingerprint density at radius 1 is 0.880 bits per heavy atom. The Balaban J connectivity index is 0.000000643.